The van der Waals surface area contributed by atoms with Gasteiger partial charge in [-0.3, -0.25) is 9.69 Å². The molecule has 0 radical (unpaired) electrons. The number of amides is 1. The Bertz CT molecular complexity index is 1300. The summed E-state index contributed by atoms with van der Waals surface area (Å²) in [6.07, 6.45) is 0. The quantitative estimate of drug-likeness (QED) is 0.411. The second-order valence-electron chi connectivity index (χ2n) is 8.70. The molecule has 2 bridgehead atoms. The number of hydrogen-bond donors (Lipinski definition) is 2. The molecule has 9 heteroatoms. The summed E-state index contributed by atoms with van der Waals surface area (Å²) in [5.74, 6) is 1.01. The first kappa shape index (κ1) is 24.2. The Labute approximate surface area is 220 Å². The number of anilines is 2. The average molecular weight is 524 g/mol. The Morgan fingerprint density at radius 1 is 1.17 bits per heavy atom. The maximum atomic E-state index is 13.9. The lowest BCUT2D eigenvalue weighted by Crippen LogP contribution is -2.72. The van der Waals surface area contributed by atoms with Gasteiger partial charge in [-0.1, -0.05) is 23.7 Å². The molecular weight excluding hydrogens is 498 g/mol. The third kappa shape index (κ3) is 4.10. The van der Waals surface area contributed by atoms with Crippen molar-refractivity contribution in [3.05, 3.63) is 77.3 Å². The summed E-state index contributed by atoms with van der Waals surface area (Å²) < 4.78 is 17.9. The smallest absolute Gasteiger partial charge is 0.236 e. The van der Waals surface area contributed by atoms with Gasteiger partial charge < -0.3 is 24.8 Å². The molecule has 3 aromatic rings. The molecule has 1 saturated heterocycles. The van der Waals surface area contributed by atoms with Crippen LogP contribution >= 0.6 is 23.8 Å². The summed E-state index contributed by atoms with van der Waals surface area (Å²) in [7, 11) is 1.60. The lowest BCUT2D eigenvalue weighted by Gasteiger charge is -2.56. The van der Waals surface area contributed by atoms with E-state index in [2.05, 4.69) is 10.6 Å². The monoisotopic (exact) mass is 523 g/mol. The number of benzene rings is 3. The summed E-state index contributed by atoms with van der Waals surface area (Å²) in [6, 6.07) is 19.7. The van der Waals surface area contributed by atoms with Crippen molar-refractivity contribution < 1.29 is 19.0 Å². The predicted octanol–water partition coefficient (Wildman–Crippen LogP) is 5.55. The van der Waals surface area contributed by atoms with E-state index in [0.717, 1.165) is 17.0 Å². The van der Waals surface area contributed by atoms with Gasteiger partial charge >= 0.3 is 0 Å². The fraction of sp³-hybridized carbons (Fsp3) is 0.259. The minimum Gasteiger partial charge on any atom is -0.494 e. The van der Waals surface area contributed by atoms with Gasteiger partial charge in [0.25, 0.3) is 0 Å². The molecule has 2 heterocycles. The van der Waals surface area contributed by atoms with Crippen molar-refractivity contribution >= 4 is 46.2 Å². The van der Waals surface area contributed by atoms with E-state index in [1.54, 1.807) is 31.4 Å². The van der Waals surface area contributed by atoms with Gasteiger partial charge in [0.05, 0.1) is 19.8 Å². The van der Waals surface area contributed by atoms with Gasteiger partial charge in [-0.15, -0.1) is 0 Å². The van der Waals surface area contributed by atoms with Crippen molar-refractivity contribution in [1.29, 1.82) is 0 Å². The third-order valence-electron chi connectivity index (χ3n) is 6.51. The Morgan fingerprint density at radius 3 is 2.56 bits per heavy atom. The standard InChI is InChI=1S/C27H26ClN3O4S/c1-4-34-19-14-12-18(13-15-19)31-26(36)30-23-20-6-5-7-21(33-3)24(20)35-27(31,2)22(23)25(32)29-17-10-8-16(28)9-11-17/h5-15,22-23H,4H2,1-3H3,(H,29,32)(H,30,36)/t22-,23+,27-/m0/s1. The normalized spacial score (nSPS) is 22.1. The molecule has 2 aliphatic rings. The number of fused-ring (bicyclic) bond motifs is 4. The van der Waals surface area contributed by atoms with Crippen molar-refractivity contribution in [2.24, 2.45) is 5.92 Å². The third-order valence-corrected chi connectivity index (χ3v) is 7.06. The highest BCUT2D eigenvalue weighted by Crippen LogP contribution is 2.52. The lowest BCUT2D eigenvalue weighted by molar-refractivity contribution is -0.130. The number of nitrogens with zero attached hydrogens (tertiary/aromatic N) is 1. The predicted molar refractivity (Wildman–Crippen MR) is 144 cm³/mol. The molecule has 2 N–H and O–H groups in total. The van der Waals surface area contributed by atoms with Gasteiger partial charge in [0.15, 0.2) is 22.3 Å². The van der Waals surface area contributed by atoms with Gasteiger partial charge in [0, 0.05) is 22.0 Å². The van der Waals surface area contributed by atoms with E-state index in [4.69, 9.17) is 38.0 Å². The lowest BCUT2D eigenvalue weighted by atomic mass is 9.78. The van der Waals surface area contributed by atoms with Crippen LogP contribution in [-0.2, 0) is 4.79 Å². The van der Waals surface area contributed by atoms with Gasteiger partial charge in [0.2, 0.25) is 5.91 Å². The summed E-state index contributed by atoms with van der Waals surface area (Å²) >= 11 is 11.9. The Morgan fingerprint density at radius 2 is 1.89 bits per heavy atom. The number of rotatable bonds is 6. The van der Waals surface area contributed by atoms with Crippen LogP contribution in [0.25, 0.3) is 0 Å². The molecule has 36 heavy (non-hydrogen) atoms. The highest BCUT2D eigenvalue weighted by atomic mass is 35.5. The largest absolute Gasteiger partial charge is 0.494 e. The second-order valence-corrected chi connectivity index (χ2v) is 9.52. The minimum absolute atomic E-state index is 0.218. The van der Waals surface area contributed by atoms with Crippen LogP contribution in [0.4, 0.5) is 11.4 Å². The number of carbonyl (C=O) groups excluding carboxylic acids is 1. The van der Waals surface area contributed by atoms with E-state index < -0.39 is 17.7 Å². The Kier molecular flexibility index (Phi) is 6.40. The van der Waals surface area contributed by atoms with Crippen LogP contribution in [0.1, 0.15) is 25.5 Å². The molecule has 0 saturated carbocycles. The number of ether oxygens (including phenoxy) is 3. The topological polar surface area (TPSA) is 72.1 Å². The highest BCUT2D eigenvalue weighted by Gasteiger charge is 2.59. The van der Waals surface area contributed by atoms with E-state index in [-0.39, 0.29) is 5.91 Å². The molecular formula is C27H26ClN3O4S. The van der Waals surface area contributed by atoms with Crippen LogP contribution in [0.5, 0.6) is 17.2 Å². The van der Waals surface area contributed by atoms with Crippen LogP contribution in [0.2, 0.25) is 5.02 Å². The fourth-order valence-electron chi connectivity index (χ4n) is 4.93. The summed E-state index contributed by atoms with van der Waals surface area (Å²) in [4.78, 5) is 15.7. The number of methoxy groups -OCH3 is 1. The molecule has 2 aliphatic heterocycles. The van der Waals surface area contributed by atoms with E-state index in [1.807, 2.05) is 61.2 Å². The number of halogens is 1. The number of hydrogen-bond acceptors (Lipinski definition) is 5. The van der Waals surface area contributed by atoms with Crippen molar-refractivity contribution in [2.75, 3.05) is 23.9 Å². The molecule has 0 unspecified atom stereocenters. The zero-order chi connectivity index (χ0) is 25.4. The molecule has 7 nitrogen and oxygen atoms in total. The molecule has 0 spiro atoms. The average Bonchev–Trinajstić information content (AvgIpc) is 2.86. The van der Waals surface area contributed by atoms with Crippen LogP contribution in [-0.4, -0.2) is 30.5 Å². The van der Waals surface area contributed by atoms with E-state index >= 15 is 0 Å². The number of carbonyl (C=O) groups is 1. The van der Waals surface area contributed by atoms with Crippen LogP contribution in [0, 0.1) is 5.92 Å². The van der Waals surface area contributed by atoms with E-state index in [1.165, 1.54) is 0 Å². The molecule has 0 aliphatic carbocycles. The molecule has 5 rings (SSSR count). The van der Waals surface area contributed by atoms with Crippen LogP contribution in [0.15, 0.2) is 66.7 Å². The SMILES string of the molecule is CCOc1ccc(N2C(=S)N[C@@H]3c4cccc(OC)c4O[C@@]2(C)[C@@H]3C(=O)Nc2ccc(Cl)cc2)cc1. The van der Waals surface area contributed by atoms with Crippen molar-refractivity contribution in [1.82, 2.24) is 5.32 Å². The number of nitrogens with one attached hydrogen (secondary N) is 2. The van der Waals surface area contributed by atoms with Crippen molar-refractivity contribution in [3.8, 4) is 17.2 Å². The fourth-order valence-corrected chi connectivity index (χ4v) is 5.47. The van der Waals surface area contributed by atoms with E-state index in [0.29, 0.717) is 33.9 Å². The van der Waals surface area contributed by atoms with Gasteiger partial charge in [-0.2, -0.15) is 0 Å². The van der Waals surface area contributed by atoms with Crippen LogP contribution in [0.3, 0.4) is 0 Å². The minimum atomic E-state index is -1.17. The van der Waals surface area contributed by atoms with Gasteiger partial charge in [0.1, 0.15) is 11.7 Å². The Hall–Kier alpha value is -3.49. The molecule has 1 fully saturated rings. The number of para-hydroxylation sites is 1. The highest BCUT2D eigenvalue weighted by molar-refractivity contribution is 7.80. The van der Waals surface area contributed by atoms with Crippen molar-refractivity contribution in [2.45, 2.75) is 25.6 Å². The summed E-state index contributed by atoms with van der Waals surface area (Å²) in [6.45, 7) is 4.38. The van der Waals surface area contributed by atoms with Gasteiger partial charge in [-0.05, 0) is 80.7 Å². The molecule has 1 amide bonds. The summed E-state index contributed by atoms with van der Waals surface area (Å²) in [5, 5.41) is 7.47. The second kappa shape index (κ2) is 9.52. The Balaban J connectivity index is 1.61. The first-order chi connectivity index (χ1) is 17.4. The molecule has 3 atom stereocenters. The maximum Gasteiger partial charge on any atom is 0.236 e. The van der Waals surface area contributed by atoms with E-state index in [9.17, 15) is 4.79 Å². The first-order valence-electron chi connectivity index (χ1n) is 11.6. The first-order valence-corrected chi connectivity index (χ1v) is 12.4. The van der Waals surface area contributed by atoms with Gasteiger partial charge in [-0.25, -0.2) is 0 Å². The maximum absolute atomic E-state index is 13.9. The molecule has 3 aromatic carbocycles. The zero-order valence-corrected chi connectivity index (χ0v) is 21.7. The van der Waals surface area contributed by atoms with Crippen LogP contribution < -0.4 is 29.7 Å². The summed E-state index contributed by atoms with van der Waals surface area (Å²) in [5.41, 5.74) is 1.03. The molecule has 0 aromatic heterocycles. The zero-order valence-electron chi connectivity index (χ0n) is 20.1. The van der Waals surface area contributed by atoms with Crippen molar-refractivity contribution in [3.63, 3.8) is 0 Å². The number of thiocarbonyl (C=S) groups is 1. The molecule has 186 valence electrons.